The number of nitrogens with zero attached hydrogens (tertiary/aromatic N) is 1. The average Bonchev–Trinajstić information content (AvgIpc) is 2.40. The van der Waals surface area contributed by atoms with Crippen LogP contribution in [0.3, 0.4) is 0 Å². The molecule has 3 heteroatoms. The number of aromatic hydroxyl groups is 1. The topological polar surface area (TPSA) is 53.2 Å². The van der Waals surface area contributed by atoms with Gasteiger partial charge in [0.05, 0.1) is 11.6 Å². The Kier molecular flexibility index (Phi) is 3.49. The predicted octanol–water partition coefficient (Wildman–Crippen LogP) is 3.15. The maximum absolute atomic E-state index is 9.41. The van der Waals surface area contributed by atoms with E-state index in [2.05, 4.69) is 6.07 Å². The van der Waals surface area contributed by atoms with Gasteiger partial charge < -0.3 is 9.84 Å². The molecule has 0 aromatic heterocycles. The molecule has 0 aliphatic rings. The highest BCUT2D eigenvalue weighted by Crippen LogP contribution is 2.19. The van der Waals surface area contributed by atoms with Crippen molar-refractivity contribution in [3.63, 3.8) is 0 Å². The fourth-order valence-corrected chi connectivity index (χ4v) is 1.60. The Morgan fingerprint density at radius 3 is 2.56 bits per heavy atom. The molecule has 18 heavy (non-hydrogen) atoms. The molecule has 2 rings (SSSR count). The number of rotatable bonds is 3. The molecule has 0 heterocycles. The van der Waals surface area contributed by atoms with E-state index in [1.165, 1.54) is 0 Å². The van der Waals surface area contributed by atoms with E-state index in [1.54, 1.807) is 36.4 Å². The molecule has 0 saturated heterocycles. The highest BCUT2D eigenvalue weighted by atomic mass is 16.5. The Morgan fingerprint density at radius 1 is 1.17 bits per heavy atom. The predicted molar refractivity (Wildman–Crippen MR) is 68.3 cm³/mol. The van der Waals surface area contributed by atoms with Crippen LogP contribution in [0.5, 0.6) is 11.5 Å². The molecule has 0 bridgehead atoms. The van der Waals surface area contributed by atoms with Crippen molar-refractivity contribution in [3.8, 4) is 17.6 Å². The summed E-state index contributed by atoms with van der Waals surface area (Å²) >= 11 is 0. The van der Waals surface area contributed by atoms with Crippen molar-refractivity contribution in [2.24, 2.45) is 0 Å². The smallest absolute Gasteiger partial charge is 0.119 e. The van der Waals surface area contributed by atoms with Crippen molar-refractivity contribution in [3.05, 3.63) is 59.2 Å². The first-order chi connectivity index (χ1) is 8.69. The molecule has 0 aliphatic carbocycles. The zero-order valence-corrected chi connectivity index (χ0v) is 10.1. The Hall–Kier alpha value is -2.47. The normalized spacial score (nSPS) is 9.78. The van der Waals surface area contributed by atoms with Gasteiger partial charge in [-0.15, -0.1) is 0 Å². The lowest BCUT2D eigenvalue weighted by molar-refractivity contribution is 0.304. The fourth-order valence-electron chi connectivity index (χ4n) is 1.60. The average molecular weight is 239 g/mol. The van der Waals surface area contributed by atoms with Crippen LogP contribution in [0, 0.1) is 18.3 Å². The summed E-state index contributed by atoms with van der Waals surface area (Å²) < 4.78 is 5.61. The lowest BCUT2D eigenvalue weighted by Gasteiger charge is -2.09. The minimum absolute atomic E-state index is 0.235. The minimum Gasteiger partial charge on any atom is -0.508 e. The number of hydrogen-bond acceptors (Lipinski definition) is 3. The molecule has 90 valence electrons. The van der Waals surface area contributed by atoms with Gasteiger partial charge in [-0.2, -0.15) is 5.26 Å². The molecule has 0 unspecified atom stereocenters. The van der Waals surface area contributed by atoms with Crippen molar-refractivity contribution in [2.45, 2.75) is 13.5 Å². The van der Waals surface area contributed by atoms with Gasteiger partial charge >= 0.3 is 0 Å². The molecule has 0 saturated carbocycles. The second-order valence-electron chi connectivity index (χ2n) is 4.04. The Bertz CT molecular complexity index is 582. The first kappa shape index (κ1) is 12.0. The van der Waals surface area contributed by atoms with Crippen molar-refractivity contribution in [1.29, 1.82) is 5.26 Å². The van der Waals surface area contributed by atoms with Gasteiger partial charge in [0.15, 0.2) is 0 Å². The number of phenols is 1. The largest absolute Gasteiger partial charge is 0.508 e. The third-order valence-corrected chi connectivity index (χ3v) is 2.71. The number of benzene rings is 2. The van der Waals surface area contributed by atoms with E-state index in [1.807, 2.05) is 13.0 Å². The van der Waals surface area contributed by atoms with Crippen LogP contribution < -0.4 is 4.74 Å². The van der Waals surface area contributed by atoms with Crippen LogP contribution in [0.25, 0.3) is 0 Å². The van der Waals surface area contributed by atoms with Crippen LogP contribution in [0.1, 0.15) is 16.7 Å². The van der Waals surface area contributed by atoms with Crippen molar-refractivity contribution >= 4 is 0 Å². The number of phenolic OH excluding ortho intramolecular Hbond substituents is 1. The molecular formula is C15H13NO2. The summed E-state index contributed by atoms with van der Waals surface area (Å²) in [4.78, 5) is 0. The van der Waals surface area contributed by atoms with Crippen LogP contribution >= 0.6 is 0 Å². The highest BCUT2D eigenvalue weighted by molar-refractivity contribution is 5.36. The van der Waals surface area contributed by atoms with E-state index in [9.17, 15) is 5.11 Å². The number of aryl methyl sites for hydroxylation is 1. The summed E-state index contributed by atoms with van der Waals surface area (Å²) in [6, 6.07) is 14.2. The summed E-state index contributed by atoms with van der Waals surface area (Å²) in [5.41, 5.74) is 2.62. The molecule has 0 radical (unpaired) electrons. The lowest BCUT2D eigenvalue weighted by Crippen LogP contribution is -1.97. The Morgan fingerprint density at radius 2 is 1.89 bits per heavy atom. The van der Waals surface area contributed by atoms with Gasteiger partial charge in [0.2, 0.25) is 0 Å². The van der Waals surface area contributed by atoms with Gasteiger partial charge in [-0.1, -0.05) is 6.07 Å². The second kappa shape index (κ2) is 5.24. The Balaban J connectivity index is 2.07. The summed E-state index contributed by atoms with van der Waals surface area (Å²) in [6.45, 7) is 2.36. The molecule has 0 fully saturated rings. The molecule has 3 nitrogen and oxygen atoms in total. The third-order valence-electron chi connectivity index (χ3n) is 2.71. The van der Waals surface area contributed by atoms with Gasteiger partial charge in [-0.05, 0) is 54.4 Å². The number of nitriles is 1. The molecule has 0 spiro atoms. The SMILES string of the molecule is Cc1ccc(O)cc1COc1ccc(C#N)cc1. The lowest BCUT2D eigenvalue weighted by atomic mass is 10.1. The number of ether oxygens (including phenoxy) is 1. The van der Waals surface area contributed by atoms with Crippen LogP contribution in [0.4, 0.5) is 0 Å². The van der Waals surface area contributed by atoms with Crippen molar-refractivity contribution in [2.75, 3.05) is 0 Å². The second-order valence-corrected chi connectivity index (χ2v) is 4.04. The Labute approximate surface area is 106 Å². The van der Waals surface area contributed by atoms with E-state index >= 15 is 0 Å². The van der Waals surface area contributed by atoms with E-state index in [0.717, 1.165) is 11.1 Å². The van der Waals surface area contributed by atoms with E-state index in [-0.39, 0.29) is 5.75 Å². The van der Waals surface area contributed by atoms with Gasteiger partial charge in [0.1, 0.15) is 18.1 Å². The van der Waals surface area contributed by atoms with Crippen LogP contribution in [0.15, 0.2) is 42.5 Å². The maximum atomic E-state index is 9.41. The van der Waals surface area contributed by atoms with Crippen LogP contribution in [0.2, 0.25) is 0 Å². The number of hydrogen-bond donors (Lipinski definition) is 1. The first-order valence-corrected chi connectivity index (χ1v) is 5.60. The third kappa shape index (κ3) is 2.80. The maximum Gasteiger partial charge on any atom is 0.119 e. The quantitative estimate of drug-likeness (QED) is 0.895. The molecule has 0 aliphatic heterocycles. The first-order valence-electron chi connectivity index (χ1n) is 5.60. The van der Waals surface area contributed by atoms with E-state index < -0.39 is 0 Å². The van der Waals surface area contributed by atoms with Gasteiger partial charge in [-0.3, -0.25) is 0 Å². The van der Waals surface area contributed by atoms with Gasteiger partial charge in [0, 0.05) is 0 Å². The highest BCUT2D eigenvalue weighted by Gasteiger charge is 2.01. The van der Waals surface area contributed by atoms with E-state index in [4.69, 9.17) is 10.00 Å². The monoisotopic (exact) mass is 239 g/mol. The molecule has 2 aromatic carbocycles. The van der Waals surface area contributed by atoms with Gasteiger partial charge in [0.25, 0.3) is 0 Å². The van der Waals surface area contributed by atoms with Crippen LogP contribution in [-0.4, -0.2) is 5.11 Å². The molecular weight excluding hydrogens is 226 g/mol. The van der Waals surface area contributed by atoms with Gasteiger partial charge in [-0.25, -0.2) is 0 Å². The molecule has 1 N–H and O–H groups in total. The summed E-state index contributed by atoms with van der Waals surface area (Å²) in [6.07, 6.45) is 0. The zero-order valence-electron chi connectivity index (χ0n) is 10.1. The molecule has 2 aromatic rings. The fraction of sp³-hybridized carbons (Fsp3) is 0.133. The minimum atomic E-state index is 0.235. The summed E-state index contributed by atoms with van der Waals surface area (Å²) in [5.74, 6) is 0.941. The molecule has 0 atom stereocenters. The molecule has 0 amide bonds. The zero-order chi connectivity index (χ0) is 13.0. The summed E-state index contributed by atoms with van der Waals surface area (Å²) in [5, 5.41) is 18.1. The standard InChI is InChI=1S/C15H13NO2/c1-11-2-5-14(17)8-13(11)10-18-15-6-3-12(9-16)4-7-15/h2-8,17H,10H2,1H3. The van der Waals surface area contributed by atoms with Crippen molar-refractivity contribution in [1.82, 2.24) is 0 Å². The van der Waals surface area contributed by atoms with Crippen molar-refractivity contribution < 1.29 is 9.84 Å². The summed E-state index contributed by atoms with van der Waals surface area (Å²) in [7, 11) is 0. The van der Waals surface area contributed by atoms with Crippen LogP contribution in [-0.2, 0) is 6.61 Å². The van der Waals surface area contributed by atoms with E-state index in [0.29, 0.717) is 17.9 Å².